The normalized spacial score (nSPS) is 18.2. The van der Waals surface area contributed by atoms with Crippen molar-refractivity contribution in [1.82, 2.24) is 10.1 Å². The SMILES string of the molecule is CCOC(=O)C1(c2nc(CC(C)C)no2)CCCCC1. The van der Waals surface area contributed by atoms with Crippen molar-refractivity contribution in [2.24, 2.45) is 5.92 Å². The van der Waals surface area contributed by atoms with Gasteiger partial charge in [-0.05, 0) is 25.7 Å². The topological polar surface area (TPSA) is 65.2 Å². The van der Waals surface area contributed by atoms with Crippen molar-refractivity contribution in [3.63, 3.8) is 0 Å². The Kier molecular flexibility index (Phi) is 4.78. The van der Waals surface area contributed by atoms with Gasteiger partial charge in [0.05, 0.1) is 6.61 Å². The minimum Gasteiger partial charge on any atom is -0.465 e. The first-order chi connectivity index (χ1) is 9.58. The van der Waals surface area contributed by atoms with Crippen LogP contribution < -0.4 is 0 Å². The van der Waals surface area contributed by atoms with Crippen LogP contribution in [0, 0.1) is 5.92 Å². The molecule has 5 heteroatoms. The van der Waals surface area contributed by atoms with Crippen LogP contribution in [0.5, 0.6) is 0 Å². The van der Waals surface area contributed by atoms with Gasteiger partial charge in [0.25, 0.3) is 0 Å². The molecule has 0 unspecified atom stereocenters. The second kappa shape index (κ2) is 6.37. The van der Waals surface area contributed by atoms with Gasteiger partial charge in [-0.1, -0.05) is 38.3 Å². The molecular weight excluding hydrogens is 256 g/mol. The van der Waals surface area contributed by atoms with Crippen LogP contribution >= 0.6 is 0 Å². The van der Waals surface area contributed by atoms with Crippen LogP contribution in [0.4, 0.5) is 0 Å². The van der Waals surface area contributed by atoms with Gasteiger partial charge in [0.2, 0.25) is 5.89 Å². The largest absolute Gasteiger partial charge is 0.465 e. The molecule has 0 bridgehead atoms. The first-order valence-electron chi connectivity index (χ1n) is 7.59. The lowest BCUT2D eigenvalue weighted by atomic mass is 9.74. The van der Waals surface area contributed by atoms with E-state index in [0.717, 1.165) is 38.5 Å². The quantitative estimate of drug-likeness (QED) is 0.776. The van der Waals surface area contributed by atoms with E-state index in [1.165, 1.54) is 0 Å². The molecule has 20 heavy (non-hydrogen) atoms. The van der Waals surface area contributed by atoms with Crippen molar-refractivity contribution in [3.05, 3.63) is 11.7 Å². The van der Waals surface area contributed by atoms with Crippen LogP contribution in [-0.4, -0.2) is 22.7 Å². The Morgan fingerprint density at radius 2 is 2.05 bits per heavy atom. The number of ether oxygens (including phenoxy) is 1. The second-order valence-electron chi connectivity index (χ2n) is 5.98. The van der Waals surface area contributed by atoms with E-state index in [1.807, 2.05) is 6.92 Å². The summed E-state index contributed by atoms with van der Waals surface area (Å²) in [7, 11) is 0. The minimum atomic E-state index is -0.712. The third kappa shape index (κ3) is 3.02. The fraction of sp³-hybridized carbons (Fsp3) is 0.800. The lowest BCUT2D eigenvalue weighted by molar-refractivity contribution is -0.152. The molecule has 1 aliphatic rings. The molecule has 1 aromatic rings. The Bertz CT molecular complexity index is 448. The number of aromatic nitrogens is 2. The van der Waals surface area contributed by atoms with Gasteiger partial charge < -0.3 is 9.26 Å². The number of nitrogens with zero attached hydrogens (tertiary/aromatic N) is 2. The van der Waals surface area contributed by atoms with Crippen molar-refractivity contribution >= 4 is 5.97 Å². The summed E-state index contributed by atoms with van der Waals surface area (Å²) in [5.74, 6) is 1.39. The average Bonchev–Trinajstić information content (AvgIpc) is 2.88. The van der Waals surface area contributed by atoms with Crippen molar-refractivity contribution < 1.29 is 14.1 Å². The van der Waals surface area contributed by atoms with Crippen molar-refractivity contribution in [2.45, 2.75) is 64.7 Å². The minimum absolute atomic E-state index is 0.209. The lowest BCUT2D eigenvalue weighted by Gasteiger charge is -2.31. The molecule has 0 N–H and O–H groups in total. The summed E-state index contributed by atoms with van der Waals surface area (Å²) in [6, 6.07) is 0. The first-order valence-corrected chi connectivity index (χ1v) is 7.59. The van der Waals surface area contributed by atoms with E-state index in [1.54, 1.807) is 0 Å². The summed E-state index contributed by atoms with van der Waals surface area (Å²) in [6.45, 7) is 6.43. The molecule has 0 aliphatic heterocycles. The first kappa shape index (κ1) is 15.0. The zero-order chi connectivity index (χ0) is 14.6. The van der Waals surface area contributed by atoms with Crippen LogP contribution in [-0.2, 0) is 21.4 Å². The third-order valence-electron chi connectivity index (χ3n) is 3.84. The van der Waals surface area contributed by atoms with Crippen LogP contribution in [0.1, 0.15) is 64.6 Å². The average molecular weight is 280 g/mol. The van der Waals surface area contributed by atoms with Crippen molar-refractivity contribution in [1.29, 1.82) is 0 Å². The zero-order valence-electron chi connectivity index (χ0n) is 12.6. The number of carbonyl (C=O) groups excluding carboxylic acids is 1. The molecule has 0 aromatic carbocycles. The van der Waals surface area contributed by atoms with Gasteiger partial charge in [0, 0.05) is 6.42 Å². The van der Waals surface area contributed by atoms with E-state index in [-0.39, 0.29) is 5.97 Å². The molecule has 1 aromatic heterocycles. The number of esters is 1. The van der Waals surface area contributed by atoms with E-state index in [9.17, 15) is 4.79 Å². The van der Waals surface area contributed by atoms with E-state index in [2.05, 4.69) is 24.0 Å². The molecule has 0 radical (unpaired) electrons. The Balaban J connectivity index is 2.26. The molecule has 1 heterocycles. The molecule has 1 aliphatic carbocycles. The molecule has 2 rings (SSSR count). The highest BCUT2D eigenvalue weighted by molar-refractivity contribution is 5.82. The molecular formula is C15H24N2O3. The predicted octanol–water partition coefficient (Wildman–Crippen LogP) is 3.03. The van der Waals surface area contributed by atoms with E-state index in [0.29, 0.717) is 24.2 Å². The molecule has 1 fully saturated rings. The number of hydrogen-bond donors (Lipinski definition) is 0. The second-order valence-corrected chi connectivity index (χ2v) is 5.98. The smallest absolute Gasteiger partial charge is 0.321 e. The Labute approximate surface area is 120 Å². The summed E-state index contributed by atoms with van der Waals surface area (Å²) in [4.78, 5) is 16.9. The van der Waals surface area contributed by atoms with Gasteiger partial charge in [-0.3, -0.25) is 4.79 Å². The number of rotatable bonds is 5. The monoisotopic (exact) mass is 280 g/mol. The van der Waals surface area contributed by atoms with Crippen molar-refractivity contribution in [3.8, 4) is 0 Å². The summed E-state index contributed by atoms with van der Waals surface area (Å²) < 4.78 is 10.7. The molecule has 0 spiro atoms. The zero-order valence-corrected chi connectivity index (χ0v) is 12.6. The van der Waals surface area contributed by atoms with Gasteiger partial charge in [-0.2, -0.15) is 4.98 Å². The van der Waals surface area contributed by atoms with Gasteiger partial charge >= 0.3 is 5.97 Å². The van der Waals surface area contributed by atoms with Crippen LogP contribution in [0.3, 0.4) is 0 Å². The van der Waals surface area contributed by atoms with Crippen LogP contribution in [0.25, 0.3) is 0 Å². The lowest BCUT2D eigenvalue weighted by Crippen LogP contribution is -2.39. The molecule has 0 atom stereocenters. The van der Waals surface area contributed by atoms with Gasteiger partial charge in [0.15, 0.2) is 5.82 Å². The third-order valence-corrected chi connectivity index (χ3v) is 3.84. The maximum atomic E-state index is 12.4. The summed E-state index contributed by atoms with van der Waals surface area (Å²) in [6.07, 6.45) is 5.41. The van der Waals surface area contributed by atoms with Gasteiger partial charge in [0.1, 0.15) is 5.41 Å². The highest BCUT2D eigenvalue weighted by atomic mass is 16.5. The number of hydrogen-bond acceptors (Lipinski definition) is 5. The fourth-order valence-electron chi connectivity index (χ4n) is 2.83. The van der Waals surface area contributed by atoms with E-state index < -0.39 is 5.41 Å². The Morgan fingerprint density at radius 3 is 2.65 bits per heavy atom. The molecule has 0 amide bonds. The van der Waals surface area contributed by atoms with Gasteiger partial charge in [-0.25, -0.2) is 0 Å². The van der Waals surface area contributed by atoms with Crippen molar-refractivity contribution in [2.75, 3.05) is 6.61 Å². The van der Waals surface area contributed by atoms with E-state index in [4.69, 9.17) is 9.26 Å². The maximum Gasteiger partial charge on any atom is 0.321 e. The highest BCUT2D eigenvalue weighted by Gasteiger charge is 2.47. The molecule has 1 saturated carbocycles. The Hall–Kier alpha value is -1.39. The summed E-state index contributed by atoms with van der Waals surface area (Å²) in [5.41, 5.74) is -0.712. The van der Waals surface area contributed by atoms with Crippen LogP contribution in [0.15, 0.2) is 4.52 Å². The molecule has 5 nitrogen and oxygen atoms in total. The summed E-state index contributed by atoms with van der Waals surface area (Å²) >= 11 is 0. The summed E-state index contributed by atoms with van der Waals surface area (Å²) in [5, 5.41) is 4.03. The fourth-order valence-corrected chi connectivity index (χ4v) is 2.83. The standard InChI is InChI=1S/C15H24N2O3/c1-4-19-14(18)15(8-6-5-7-9-15)13-16-12(17-20-13)10-11(2)3/h11H,4-10H2,1-3H3. The molecule has 112 valence electrons. The van der Waals surface area contributed by atoms with Gasteiger partial charge in [-0.15, -0.1) is 0 Å². The predicted molar refractivity (Wildman–Crippen MR) is 74.2 cm³/mol. The molecule has 0 saturated heterocycles. The number of carbonyl (C=O) groups is 1. The van der Waals surface area contributed by atoms with Crippen LogP contribution in [0.2, 0.25) is 0 Å². The maximum absolute atomic E-state index is 12.4. The Morgan fingerprint density at radius 1 is 1.35 bits per heavy atom. The highest BCUT2D eigenvalue weighted by Crippen LogP contribution is 2.39. The van der Waals surface area contributed by atoms with E-state index >= 15 is 0 Å².